The predicted molar refractivity (Wildman–Crippen MR) is 123 cm³/mol. The quantitative estimate of drug-likeness (QED) is 0.463. The molecule has 30 heavy (non-hydrogen) atoms. The van der Waals surface area contributed by atoms with Crippen LogP contribution in [0, 0.1) is 0 Å². The SMILES string of the molecule is CCn1c(=O)c(=C2Sc3ccccc3N2C)s/c1=C\c1oc2ccccc2[n+]1CC. The minimum atomic E-state index is 0.0510. The summed E-state index contributed by atoms with van der Waals surface area (Å²) >= 11 is 3.19. The van der Waals surface area contributed by atoms with Gasteiger partial charge in [-0.05, 0) is 32.0 Å². The van der Waals surface area contributed by atoms with Crippen molar-refractivity contribution in [2.45, 2.75) is 31.8 Å². The van der Waals surface area contributed by atoms with Gasteiger partial charge in [0.25, 0.3) is 11.1 Å². The highest BCUT2D eigenvalue weighted by Gasteiger charge is 2.25. The van der Waals surface area contributed by atoms with Crippen LogP contribution in [0.25, 0.3) is 22.2 Å². The zero-order valence-electron chi connectivity index (χ0n) is 17.1. The van der Waals surface area contributed by atoms with Crippen LogP contribution in [-0.2, 0) is 13.1 Å². The normalized spacial score (nSPS) is 16.0. The van der Waals surface area contributed by atoms with Gasteiger partial charge in [-0.2, -0.15) is 4.57 Å². The highest BCUT2D eigenvalue weighted by Crippen LogP contribution is 2.44. The molecule has 1 aliphatic heterocycles. The van der Waals surface area contributed by atoms with E-state index < -0.39 is 0 Å². The minimum absolute atomic E-state index is 0.0510. The van der Waals surface area contributed by atoms with Gasteiger partial charge in [-0.1, -0.05) is 36.0 Å². The molecule has 0 radical (unpaired) electrons. The van der Waals surface area contributed by atoms with E-state index in [0.717, 1.165) is 43.4 Å². The highest BCUT2D eigenvalue weighted by atomic mass is 32.2. The van der Waals surface area contributed by atoms with Crippen molar-refractivity contribution in [1.82, 2.24) is 4.57 Å². The molecule has 0 saturated heterocycles. The Morgan fingerprint density at radius 2 is 1.87 bits per heavy atom. The summed E-state index contributed by atoms with van der Waals surface area (Å²) in [6, 6.07) is 16.3. The van der Waals surface area contributed by atoms with E-state index in [1.165, 1.54) is 16.2 Å². The van der Waals surface area contributed by atoms with Gasteiger partial charge in [0.2, 0.25) is 5.58 Å². The van der Waals surface area contributed by atoms with Crippen molar-refractivity contribution < 1.29 is 8.98 Å². The van der Waals surface area contributed by atoms with Crippen LogP contribution in [0.5, 0.6) is 0 Å². The van der Waals surface area contributed by atoms with Crippen LogP contribution in [0.1, 0.15) is 19.7 Å². The van der Waals surface area contributed by atoms with Crippen LogP contribution in [0.2, 0.25) is 0 Å². The van der Waals surface area contributed by atoms with Crippen LogP contribution >= 0.6 is 23.1 Å². The van der Waals surface area contributed by atoms with Gasteiger partial charge in [0.05, 0.1) is 11.8 Å². The van der Waals surface area contributed by atoms with E-state index in [1.54, 1.807) is 11.8 Å². The number of oxazole rings is 1. The van der Waals surface area contributed by atoms with Crippen molar-refractivity contribution >= 4 is 51.0 Å². The third-order valence-electron chi connectivity index (χ3n) is 5.36. The van der Waals surface area contributed by atoms with Gasteiger partial charge in [0, 0.05) is 24.6 Å². The van der Waals surface area contributed by atoms with E-state index in [1.807, 2.05) is 54.9 Å². The Morgan fingerprint density at radius 1 is 1.10 bits per heavy atom. The van der Waals surface area contributed by atoms with Gasteiger partial charge in [0.1, 0.15) is 20.8 Å². The van der Waals surface area contributed by atoms with E-state index in [0.29, 0.717) is 6.54 Å². The molecule has 0 saturated carbocycles. The highest BCUT2D eigenvalue weighted by molar-refractivity contribution is 8.08. The first-order chi connectivity index (χ1) is 14.6. The summed E-state index contributed by atoms with van der Waals surface area (Å²) in [6.07, 6.45) is 2.00. The van der Waals surface area contributed by atoms with Crippen molar-refractivity contribution in [3.05, 3.63) is 74.0 Å². The second kappa shape index (κ2) is 7.49. The molecule has 0 N–H and O–H groups in total. The zero-order valence-corrected chi connectivity index (χ0v) is 18.7. The average Bonchev–Trinajstić information content (AvgIpc) is 3.39. The molecule has 5 rings (SSSR count). The van der Waals surface area contributed by atoms with Crippen molar-refractivity contribution in [2.75, 3.05) is 11.9 Å². The molecule has 0 atom stereocenters. The summed E-state index contributed by atoms with van der Waals surface area (Å²) < 4.78 is 11.8. The molecule has 3 heterocycles. The number of rotatable bonds is 3. The smallest absolute Gasteiger partial charge is 0.377 e. The van der Waals surface area contributed by atoms with Crippen LogP contribution in [-0.4, -0.2) is 11.6 Å². The van der Waals surface area contributed by atoms with Crippen molar-refractivity contribution in [1.29, 1.82) is 0 Å². The Hall–Kier alpha value is -2.77. The minimum Gasteiger partial charge on any atom is -0.398 e. The Bertz CT molecular complexity index is 1450. The number of aromatic nitrogens is 2. The van der Waals surface area contributed by atoms with Crippen molar-refractivity contribution in [2.24, 2.45) is 0 Å². The maximum atomic E-state index is 13.3. The number of benzene rings is 2. The molecule has 1 aliphatic rings. The molecule has 4 aromatic rings. The molecule has 0 bridgehead atoms. The molecular weight excluding hydrogens is 414 g/mol. The lowest BCUT2D eigenvalue weighted by atomic mass is 10.3. The Balaban J connectivity index is 1.74. The Labute approximate surface area is 182 Å². The zero-order chi connectivity index (χ0) is 20.8. The van der Waals surface area contributed by atoms with E-state index in [4.69, 9.17) is 4.42 Å². The number of thioether (sulfide) groups is 1. The predicted octanol–water partition coefficient (Wildman–Crippen LogP) is 3.12. The number of hydrogen-bond acceptors (Lipinski definition) is 5. The third kappa shape index (κ3) is 2.92. The van der Waals surface area contributed by atoms with Crippen molar-refractivity contribution in [3.63, 3.8) is 0 Å². The second-order valence-electron chi connectivity index (χ2n) is 7.05. The summed E-state index contributed by atoms with van der Waals surface area (Å²) in [4.78, 5) is 16.6. The molecule has 5 nitrogen and oxygen atoms in total. The van der Waals surface area contributed by atoms with E-state index in [-0.39, 0.29) is 5.56 Å². The topological polar surface area (TPSA) is 42.3 Å². The van der Waals surface area contributed by atoms with Gasteiger partial charge in [-0.15, -0.1) is 11.3 Å². The van der Waals surface area contributed by atoms with Gasteiger partial charge >= 0.3 is 5.89 Å². The molecular formula is C23H22N3O2S2+. The number of anilines is 1. The van der Waals surface area contributed by atoms with E-state index >= 15 is 0 Å². The van der Waals surface area contributed by atoms with E-state index in [9.17, 15) is 4.79 Å². The number of hydrogen-bond donors (Lipinski definition) is 0. The first kappa shape index (κ1) is 19.2. The van der Waals surface area contributed by atoms with Gasteiger partial charge < -0.3 is 9.32 Å². The van der Waals surface area contributed by atoms with Crippen LogP contribution in [0.4, 0.5) is 5.69 Å². The lowest BCUT2D eigenvalue weighted by molar-refractivity contribution is -0.674. The summed E-state index contributed by atoms with van der Waals surface area (Å²) in [5.74, 6) is 0.759. The largest absolute Gasteiger partial charge is 0.398 e. The monoisotopic (exact) mass is 436 g/mol. The molecule has 0 unspecified atom stereocenters. The molecule has 0 aliphatic carbocycles. The summed E-state index contributed by atoms with van der Waals surface area (Å²) in [5.41, 5.74) is 3.10. The number of para-hydroxylation sites is 3. The first-order valence-electron chi connectivity index (χ1n) is 10.00. The summed E-state index contributed by atoms with van der Waals surface area (Å²) in [6.45, 7) is 5.51. The molecule has 2 aromatic carbocycles. The maximum absolute atomic E-state index is 13.3. The molecule has 2 aromatic heterocycles. The maximum Gasteiger partial charge on any atom is 0.377 e. The standard InChI is InChI=1S/C23H22N3O2S2/c1-4-25-15-10-6-8-12-17(15)28-19(25)14-20-26(5-2)22(27)21(30-20)23-24(3)16-11-7-9-13-18(16)29-23/h6-14H,4-5H2,1-3H3/q+1. The van der Waals surface area contributed by atoms with Crippen LogP contribution in [0.3, 0.4) is 0 Å². The lowest BCUT2D eigenvalue weighted by Crippen LogP contribution is -2.36. The molecule has 152 valence electrons. The summed E-state index contributed by atoms with van der Waals surface area (Å²) in [5, 5.41) is 0.987. The third-order valence-corrected chi connectivity index (χ3v) is 7.85. The fraction of sp³-hybridized carbons (Fsp3) is 0.217. The molecule has 7 heteroatoms. The molecule has 0 amide bonds. The van der Waals surface area contributed by atoms with Gasteiger partial charge in [-0.3, -0.25) is 9.36 Å². The van der Waals surface area contributed by atoms with Crippen LogP contribution < -0.4 is 24.2 Å². The fourth-order valence-corrected chi connectivity index (χ4v) is 6.30. The fourth-order valence-electron chi connectivity index (χ4n) is 3.86. The van der Waals surface area contributed by atoms with Crippen LogP contribution in [0.15, 0.2) is 62.6 Å². The van der Waals surface area contributed by atoms with Gasteiger partial charge in [0.15, 0.2) is 0 Å². The average molecular weight is 437 g/mol. The first-order valence-corrected chi connectivity index (χ1v) is 11.6. The molecule has 0 fully saturated rings. The number of aryl methyl sites for hydroxylation is 1. The number of fused-ring (bicyclic) bond motifs is 2. The van der Waals surface area contributed by atoms with Crippen molar-refractivity contribution in [3.8, 4) is 0 Å². The summed E-state index contributed by atoms with van der Waals surface area (Å²) in [7, 11) is 2.03. The Kier molecular flexibility index (Phi) is 4.79. The Morgan fingerprint density at radius 3 is 2.63 bits per heavy atom. The van der Waals surface area contributed by atoms with E-state index in [2.05, 4.69) is 34.6 Å². The van der Waals surface area contributed by atoms with Gasteiger partial charge in [-0.25, -0.2) is 0 Å². The number of nitrogens with zero attached hydrogens (tertiary/aromatic N) is 3. The number of thiazole rings is 1. The lowest BCUT2D eigenvalue weighted by Gasteiger charge is -2.11. The second-order valence-corrected chi connectivity index (χ2v) is 9.11. The molecule has 0 spiro atoms.